The Labute approximate surface area is 108 Å². The van der Waals surface area contributed by atoms with Crippen LogP contribution in [-0.2, 0) is 16.0 Å². The first-order valence-electron chi connectivity index (χ1n) is 5.16. The lowest BCUT2D eigenvalue weighted by molar-refractivity contribution is -0.142. The first-order chi connectivity index (χ1) is 8.51. The summed E-state index contributed by atoms with van der Waals surface area (Å²) in [6.07, 6.45) is -1.94. The first kappa shape index (κ1) is 14.6. The van der Waals surface area contributed by atoms with Gasteiger partial charge in [-0.25, -0.2) is 13.8 Å². The fraction of sp³-hybridized carbons (Fsp3) is 0.455. The molecule has 0 N–H and O–H groups in total. The van der Waals surface area contributed by atoms with Crippen molar-refractivity contribution < 1.29 is 23.0 Å². The van der Waals surface area contributed by atoms with E-state index >= 15 is 0 Å². The zero-order chi connectivity index (χ0) is 13.7. The third-order valence-electron chi connectivity index (χ3n) is 2.16. The average Bonchev–Trinajstić information content (AvgIpc) is 2.31. The zero-order valence-corrected chi connectivity index (χ0v) is 10.6. The highest BCUT2D eigenvalue weighted by atomic mass is 35.5. The Bertz CT molecular complexity index is 441. The van der Waals surface area contributed by atoms with Crippen molar-refractivity contribution in [2.75, 3.05) is 13.7 Å². The van der Waals surface area contributed by atoms with Gasteiger partial charge in [-0.05, 0) is 6.92 Å². The Hall–Kier alpha value is -1.43. The second kappa shape index (κ2) is 6.49. The number of ether oxygens (including phenoxy) is 2. The van der Waals surface area contributed by atoms with Crippen LogP contribution < -0.4 is 4.74 Å². The van der Waals surface area contributed by atoms with Gasteiger partial charge >= 0.3 is 5.97 Å². The molecule has 0 radical (unpaired) electrons. The van der Waals surface area contributed by atoms with Crippen LogP contribution >= 0.6 is 11.6 Å². The van der Waals surface area contributed by atoms with Gasteiger partial charge < -0.3 is 9.47 Å². The summed E-state index contributed by atoms with van der Waals surface area (Å²) in [7, 11) is 1.34. The highest BCUT2D eigenvalue weighted by molar-refractivity contribution is 6.32. The fourth-order valence-electron chi connectivity index (χ4n) is 1.37. The van der Waals surface area contributed by atoms with Crippen molar-refractivity contribution >= 4 is 17.6 Å². The van der Waals surface area contributed by atoms with E-state index in [1.807, 2.05) is 0 Å². The lowest BCUT2D eigenvalue weighted by Gasteiger charge is -2.12. The van der Waals surface area contributed by atoms with Crippen molar-refractivity contribution in [3.05, 3.63) is 22.5 Å². The number of methoxy groups -OCH3 is 1. The number of alkyl halides is 2. The summed E-state index contributed by atoms with van der Waals surface area (Å²) in [5.74, 6) is -0.387. The van der Waals surface area contributed by atoms with Gasteiger partial charge in [-0.2, -0.15) is 0 Å². The van der Waals surface area contributed by atoms with E-state index in [1.54, 1.807) is 6.92 Å². The van der Waals surface area contributed by atoms with Crippen LogP contribution in [0.5, 0.6) is 5.75 Å². The Morgan fingerprint density at radius 2 is 2.22 bits per heavy atom. The second-order valence-corrected chi connectivity index (χ2v) is 3.66. The molecule has 1 heterocycles. The predicted octanol–water partition coefficient (Wildman–Crippen LogP) is 2.79. The summed E-state index contributed by atoms with van der Waals surface area (Å²) in [5.41, 5.74) is -0.417. The molecule has 0 bridgehead atoms. The number of aromatic nitrogens is 1. The molecule has 0 saturated heterocycles. The van der Waals surface area contributed by atoms with Crippen LogP contribution in [0.25, 0.3) is 0 Å². The van der Waals surface area contributed by atoms with Crippen LogP contribution in [0.3, 0.4) is 0 Å². The van der Waals surface area contributed by atoms with E-state index in [0.29, 0.717) is 0 Å². The fourth-order valence-corrected chi connectivity index (χ4v) is 1.67. The van der Waals surface area contributed by atoms with Crippen molar-refractivity contribution in [2.24, 2.45) is 0 Å². The number of carbonyl (C=O) groups excluding carboxylic acids is 1. The van der Waals surface area contributed by atoms with Crippen LogP contribution in [0.15, 0.2) is 6.20 Å². The maximum atomic E-state index is 12.6. The van der Waals surface area contributed by atoms with Crippen LogP contribution in [-0.4, -0.2) is 24.7 Å². The molecule has 0 saturated carbocycles. The largest absolute Gasteiger partial charge is 0.495 e. The summed E-state index contributed by atoms with van der Waals surface area (Å²) in [5, 5.41) is -0.266. The number of pyridine rings is 1. The molecular formula is C11H12ClF2NO3. The lowest BCUT2D eigenvalue weighted by Crippen LogP contribution is -2.10. The Balaban J connectivity index is 3.13. The van der Waals surface area contributed by atoms with E-state index in [1.165, 1.54) is 7.11 Å². The summed E-state index contributed by atoms with van der Waals surface area (Å²) in [6, 6.07) is 0. The molecular weight excluding hydrogens is 268 g/mol. The maximum Gasteiger partial charge on any atom is 0.310 e. The van der Waals surface area contributed by atoms with Gasteiger partial charge in [0.25, 0.3) is 6.43 Å². The standard InChI is InChI=1S/C11H12ClF2NO3/c1-3-18-8(16)4-6-7(17-2)5-15-10(9(6)12)11(13)14/h5,11H,3-4H2,1-2H3. The van der Waals surface area contributed by atoms with Gasteiger partial charge in [0.1, 0.15) is 11.4 Å². The minimum Gasteiger partial charge on any atom is -0.495 e. The lowest BCUT2D eigenvalue weighted by atomic mass is 10.1. The molecule has 0 spiro atoms. The Morgan fingerprint density at radius 3 is 2.72 bits per heavy atom. The number of halogens is 3. The van der Waals surface area contributed by atoms with Crippen LogP contribution in [0, 0.1) is 0 Å². The summed E-state index contributed by atoms with van der Waals surface area (Å²) >= 11 is 5.80. The topological polar surface area (TPSA) is 48.4 Å². The number of hydrogen-bond donors (Lipinski definition) is 0. The predicted molar refractivity (Wildman–Crippen MR) is 61.1 cm³/mol. The SMILES string of the molecule is CCOC(=O)Cc1c(OC)cnc(C(F)F)c1Cl. The van der Waals surface area contributed by atoms with Crippen molar-refractivity contribution in [3.8, 4) is 5.75 Å². The van der Waals surface area contributed by atoms with Gasteiger partial charge in [-0.1, -0.05) is 11.6 Å². The van der Waals surface area contributed by atoms with Crippen LogP contribution in [0.4, 0.5) is 8.78 Å². The minimum atomic E-state index is -2.82. The molecule has 0 amide bonds. The van der Waals surface area contributed by atoms with E-state index in [-0.39, 0.29) is 29.4 Å². The molecule has 1 aromatic heterocycles. The molecule has 0 aliphatic carbocycles. The van der Waals surface area contributed by atoms with E-state index in [9.17, 15) is 13.6 Å². The van der Waals surface area contributed by atoms with Crippen molar-refractivity contribution in [1.29, 1.82) is 0 Å². The average molecular weight is 280 g/mol. The van der Waals surface area contributed by atoms with Gasteiger partial charge in [0.15, 0.2) is 0 Å². The van der Waals surface area contributed by atoms with E-state index < -0.39 is 18.1 Å². The zero-order valence-electron chi connectivity index (χ0n) is 9.87. The Kier molecular flexibility index (Phi) is 5.27. The molecule has 0 aliphatic rings. The molecule has 0 aromatic carbocycles. The van der Waals surface area contributed by atoms with Gasteiger partial charge in [0.2, 0.25) is 0 Å². The molecule has 0 aliphatic heterocycles. The molecule has 18 heavy (non-hydrogen) atoms. The molecule has 0 atom stereocenters. The summed E-state index contributed by atoms with van der Waals surface area (Å²) in [6.45, 7) is 1.85. The molecule has 0 unspecified atom stereocenters. The summed E-state index contributed by atoms with van der Waals surface area (Å²) in [4.78, 5) is 14.9. The maximum absolute atomic E-state index is 12.6. The van der Waals surface area contributed by atoms with Crippen molar-refractivity contribution in [3.63, 3.8) is 0 Å². The monoisotopic (exact) mass is 279 g/mol. The van der Waals surface area contributed by atoms with Gasteiger partial charge in [-0.3, -0.25) is 4.79 Å². The quantitative estimate of drug-likeness (QED) is 0.778. The normalized spacial score (nSPS) is 10.6. The van der Waals surface area contributed by atoms with Crippen molar-refractivity contribution in [2.45, 2.75) is 19.8 Å². The van der Waals surface area contributed by atoms with Crippen LogP contribution in [0.2, 0.25) is 5.02 Å². The third-order valence-corrected chi connectivity index (χ3v) is 2.58. The smallest absolute Gasteiger partial charge is 0.310 e. The number of carbonyl (C=O) groups is 1. The highest BCUT2D eigenvalue weighted by Gasteiger charge is 2.22. The van der Waals surface area contributed by atoms with Crippen molar-refractivity contribution in [1.82, 2.24) is 4.98 Å². The second-order valence-electron chi connectivity index (χ2n) is 3.29. The number of esters is 1. The Morgan fingerprint density at radius 1 is 1.56 bits per heavy atom. The molecule has 1 aromatic rings. The van der Waals surface area contributed by atoms with E-state index in [4.69, 9.17) is 21.1 Å². The number of nitrogens with zero attached hydrogens (tertiary/aromatic N) is 1. The van der Waals surface area contributed by atoms with Gasteiger partial charge in [-0.15, -0.1) is 0 Å². The molecule has 7 heteroatoms. The minimum absolute atomic E-state index is 0.155. The van der Waals surface area contributed by atoms with Crippen LogP contribution in [0.1, 0.15) is 24.6 Å². The number of hydrogen-bond acceptors (Lipinski definition) is 4. The molecule has 1 rings (SSSR count). The molecule has 0 fully saturated rings. The third kappa shape index (κ3) is 3.29. The number of rotatable bonds is 5. The van der Waals surface area contributed by atoms with Gasteiger partial charge in [0.05, 0.1) is 31.4 Å². The first-order valence-corrected chi connectivity index (χ1v) is 5.54. The van der Waals surface area contributed by atoms with E-state index in [2.05, 4.69) is 4.98 Å². The van der Waals surface area contributed by atoms with E-state index in [0.717, 1.165) is 6.20 Å². The highest BCUT2D eigenvalue weighted by Crippen LogP contribution is 2.33. The van der Waals surface area contributed by atoms with Gasteiger partial charge in [0, 0.05) is 5.56 Å². The molecule has 100 valence electrons. The molecule has 4 nitrogen and oxygen atoms in total. The summed E-state index contributed by atoms with van der Waals surface area (Å²) < 4.78 is 34.9.